The second-order valence-corrected chi connectivity index (χ2v) is 4.02. The van der Waals surface area contributed by atoms with Crippen molar-refractivity contribution < 1.29 is 9.63 Å². The molecule has 0 aromatic heterocycles. The topological polar surface area (TPSA) is 62.4 Å². The van der Waals surface area contributed by atoms with Gasteiger partial charge in [0.25, 0.3) is 0 Å². The van der Waals surface area contributed by atoms with Crippen LogP contribution in [0.1, 0.15) is 19.3 Å². The Labute approximate surface area is 83.5 Å². The van der Waals surface area contributed by atoms with Gasteiger partial charge in [-0.2, -0.15) is 0 Å². The molecule has 1 unspecified atom stereocenters. The summed E-state index contributed by atoms with van der Waals surface area (Å²) >= 11 is 0. The standard InChI is InChI=1S/C9H17N3O2/c13-9(11-8-1-2-8)12-14-6-7-3-4-10-5-7/h7-8,10H,1-6H2,(H2,11,12,13). The smallest absolute Gasteiger partial charge is 0.334 e. The first-order chi connectivity index (χ1) is 6.84. The molecule has 14 heavy (non-hydrogen) atoms. The van der Waals surface area contributed by atoms with Gasteiger partial charge in [-0.05, 0) is 31.7 Å². The molecule has 1 atom stereocenters. The van der Waals surface area contributed by atoms with Gasteiger partial charge in [0.2, 0.25) is 0 Å². The van der Waals surface area contributed by atoms with Crippen molar-refractivity contribution in [1.82, 2.24) is 16.1 Å². The van der Waals surface area contributed by atoms with Crippen LogP contribution in [0.4, 0.5) is 4.79 Å². The molecule has 2 aliphatic rings. The summed E-state index contributed by atoms with van der Waals surface area (Å²) in [4.78, 5) is 16.2. The van der Waals surface area contributed by atoms with Gasteiger partial charge in [0.05, 0.1) is 6.61 Å². The van der Waals surface area contributed by atoms with Crippen molar-refractivity contribution in [2.24, 2.45) is 5.92 Å². The average molecular weight is 199 g/mol. The fourth-order valence-electron chi connectivity index (χ4n) is 1.52. The summed E-state index contributed by atoms with van der Waals surface area (Å²) in [7, 11) is 0. The minimum atomic E-state index is -0.210. The second-order valence-electron chi connectivity index (χ2n) is 4.02. The number of carbonyl (C=O) groups is 1. The van der Waals surface area contributed by atoms with Crippen LogP contribution < -0.4 is 16.1 Å². The van der Waals surface area contributed by atoms with E-state index in [1.165, 1.54) is 0 Å². The predicted octanol–water partition coefficient (Wildman–Crippen LogP) is -0.0109. The number of hydroxylamine groups is 1. The van der Waals surface area contributed by atoms with Crippen LogP contribution in [-0.4, -0.2) is 31.8 Å². The van der Waals surface area contributed by atoms with E-state index in [1.807, 2.05) is 0 Å². The Bertz CT molecular complexity index is 200. The third kappa shape index (κ3) is 3.16. The van der Waals surface area contributed by atoms with E-state index in [0.717, 1.165) is 32.4 Å². The van der Waals surface area contributed by atoms with Gasteiger partial charge in [0.1, 0.15) is 0 Å². The van der Waals surface area contributed by atoms with Gasteiger partial charge < -0.3 is 10.6 Å². The number of nitrogens with one attached hydrogen (secondary N) is 3. The number of hydrogen-bond donors (Lipinski definition) is 3. The maximum Gasteiger partial charge on any atom is 0.338 e. The third-order valence-corrected chi connectivity index (χ3v) is 2.56. The van der Waals surface area contributed by atoms with E-state index < -0.39 is 0 Å². The van der Waals surface area contributed by atoms with Crippen LogP contribution in [0.2, 0.25) is 0 Å². The summed E-state index contributed by atoms with van der Waals surface area (Å²) in [6.45, 7) is 2.65. The van der Waals surface area contributed by atoms with Crippen molar-refractivity contribution in [3.63, 3.8) is 0 Å². The lowest BCUT2D eigenvalue weighted by atomic mass is 10.1. The van der Waals surface area contributed by atoms with Crippen molar-refractivity contribution in [1.29, 1.82) is 0 Å². The molecular formula is C9H17N3O2. The number of carbonyl (C=O) groups excluding carboxylic acids is 1. The van der Waals surface area contributed by atoms with Crippen LogP contribution in [-0.2, 0) is 4.84 Å². The van der Waals surface area contributed by atoms with E-state index in [-0.39, 0.29) is 6.03 Å². The lowest BCUT2D eigenvalue weighted by Crippen LogP contribution is -2.37. The first kappa shape index (κ1) is 9.73. The van der Waals surface area contributed by atoms with Crippen LogP contribution in [0.15, 0.2) is 0 Å². The Balaban J connectivity index is 1.50. The molecule has 5 nitrogen and oxygen atoms in total. The molecule has 3 N–H and O–H groups in total. The number of rotatable bonds is 4. The number of urea groups is 1. The highest BCUT2D eigenvalue weighted by Gasteiger charge is 2.23. The summed E-state index contributed by atoms with van der Waals surface area (Å²) in [5, 5.41) is 6.03. The van der Waals surface area contributed by atoms with E-state index in [1.54, 1.807) is 0 Å². The fraction of sp³-hybridized carbons (Fsp3) is 0.889. The van der Waals surface area contributed by atoms with Crippen LogP contribution in [0.5, 0.6) is 0 Å². The van der Waals surface area contributed by atoms with Crippen molar-refractivity contribution >= 4 is 6.03 Å². The molecule has 1 aliphatic heterocycles. The van der Waals surface area contributed by atoms with Crippen LogP contribution in [0, 0.1) is 5.92 Å². The van der Waals surface area contributed by atoms with Crippen LogP contribution in [0.3, 0.4) is 0 Å². The van der Waals surface area contributed by atoms with Crippen molar-refractivity contribution in [3.05, 3.63) is 0 Å². The average Bonchev–Trinajstić information content (AvgIpc) is 2.82. The maximum atomic E-state index is 11.1. The molecule has 0 radical (unpaired) electrons. The molecule has 1 saturated heterocycles. The monoisotopic (exact) mass is 199 g/mol. The molecule has 0 bridgehead atoms. The molecule has 1 saturated carbocycles. The highest BCUT2D eigenvalue weighted by Crippen LogP contribution is 2.18. The molecule has 0 aromatic rings. The number of amides is 2. The van der Waals surface area contributed by atoms with Crippen molar-refractivity contribution in [2.45, 2.75) is 25.3 Å². The van der Waals surface area contributed by atoms with E-state index in [0.29, 0.717) is 18.6 Å². The molecular weight excluding hydrogens is 182 g/mol. The maximum absolute atomic E-state index is 11.1. The lowest BCUT2D eigenvalue weighted by Gasteiger charge is -2.10. The molecule has 0 spiro atoms. The molecule has 2 rings (SSSR count). The zero-order valence-electron chi connectivity index (χ0n) is 8.21. The molecule has 80 valence electrons. The Morgan fingerprint density at radius 2 is 2.29 bits per heavy atom. The SMILES string of the molecule is O=C(NOCC1CCNC1)NC1CC1. The molecule has 1 heterocycles. The molecule has 1 aliphatic carbocycles. The van der Waals surface area contributed by atoms with Gasteiger partial charge in [0, 0.05) is 12.6 Å². The summed E-state index contributed by atoms with van der Waals surface area (Å²) in [6, 6.07) is 0.171. The Hall–Kier alpha value is -0.810. The zero-order chi connectivity index (χ0) is 9.80. The van der Waals surface area contributed by atoms with E-state index in [4.69, 9.17) is 4.84 Å². The van der Waals surface area contributed by atoms with Gasteiger partial charge in [0.15, 0.2) is 0 Å². The minimum Gasteiger partial charge on any atom is -0.334 e. The summed E-state index contributed by atoms with van der Waals surface area (Å²) < 4.78 is 0. The van der Waals surface area contributed by atoms with E-state index >= 15 is 0 Å². The summed E-state index contributed by atoms with van der Waals surface area (Å²) in [5.74, 6) is 0.538. The largest absolute Gasteiger partial charge is 0.338 e. The van der Waals surface area contributed by atoms with Crippen molar-refractivity contribution in [2.75, 3.05) is 19.7 Å². The zero-order valence-corrected chi connectivity index (χ0v) is 8.21. The van der Waals surface area contributed by atoms with Gasteiger partial charge in [-0.3, -0.25) is 4.84 Å². The molecule has 2 amide bonds. The Kier molecular flexibility index (Phi) is 3.21. The van der Waals surface area contributed by atoms with Gasteiger partial charge in [-0.15, -0.1) is 0 Å². The fourth-order valence-corrected chi connectivity index (χ4v) is 1.52. The molecule has 5 heteroatoms. The van der Waals surface area contributed by atoms with E-state index in [2.05, 4.69) is 16.1 Å². The normalized spacial score (nSPS) is 26.1. The first-order valence-corrected chi connectivity index (χ1v) is 5.23. The second kappa shape index (κ2) is 4.61. The van der Waals surface area contributed by atoms with Crippen molar-refractivity contribution in [3.8, 4) is 0 Å². The highest BCUT2D eigenvalue weighted by atomic mass is 16.7. The summed E-state index contributed by atoms with van der Waals surface area (Å²) in [6.07, 6.45) is 3.33. The quantitative estimate of drug-likeness (QED) is 0.558. The summed E-state index contributed by atoms with van der Waals surface area (Å²) in [5.41, 5.74) is 2.40. The third-order valence-electron chi connectivity index (χ3n) is 2.56. The van der Waals surface area contributed by atoms with Gasteiger partial charge >= 0.3 is 6.03 Å². The molecule has 0 aromatic carbocycles. The predicted molar refractivity (Wildman–Crippen MR) is 51.6 cm³/mol. The van der Waals surface area contributed by atoms with E-state index in [9.17, 15) is 4.79 Å². The Morgan fingerprint density at radius 1 is 1.43 bits per heavy atom. The first-order valence-electron chi connectivity index (χ1n) is 5.23. The minimum absolute atomic E-state index is 0.210. The Morgan fingerprint density at radius 3 is 2.93 bits per heavy atom. The van der Waals surface area contributed by atoms with Gasteiger partial charge in [-0.1, -0.05) is 0 Å². The van der Waals surface area contributed by atoms with Crippen LogP contribution in [0.25, 0.3) is 0 Å². The highest BCUT2D eigenvalue weighted by molar-refractivity contribution is 5.73. The van der Waals surface area contributed by atoms with Crippen LogP contribution >= 0.6 is 0 Å². The lowest BCUT2D eigenvalue weighted by molar-refractivity contribution is 0.0407. The number of hydrogen-bond acceptors (Lipinski definition) is 3. The molecule has 2 fully saturated rings. The van der Waals surface area contributed by atoms with Gasteiger partial charge in [-0.25, -0.2) is 10.3 Å².